The molecule has 0 saturated heterocycles. The molecule has 0 saturated carbocycles. The van der Waals surface area contributed by atoms with Crippen molar-refractivity contribution in [3.8, 4) is 11.3 Å². The minimum Gasteiger partial charge on any atom is -0.354 e. The van der Waals surface area contributed by atoms with Crippen molar-refractivity contribution < 1.29 is 13.6 Å². The summed E-state index contributed by atoms with van der Waals surface area (Å²) < 4.78 is 26.4. The van der Waals surface area contributed by atoms with E-state index in [1.165, 1.54) is 6.07 Å². The van der Waals surface area contributed by atoms with Crippen LogP contribution < -0.4 is 0 Å². The number of aryl methyl sites for hydroxylation is 1. The fourth-order valence-corrected chi connectivity index (χ4v) is 2.56. The van der Waals surface area contributed by atoms with E-state index in [9.17, 15) is 13.6 Å². The summed E-state index contributed by atoms with van der Waals surface area (Å²) in [5, 5.41) is 1.27. The molecule has 3 aromatic rings. The van der Waals surface area contributed by atoms with E-state index in [1.54, 1.807) is 12.1 Å². The molecule has 0 spiro atoms. The Morgan fingerprint density at radius 3 is 2.57 bits per heavy atom. The van der Waals surface area contributed by atoms with Crippen LogP contribution in [0.15, 0.2) is 30.3 Å². The van der Waals surface area contributed by atoms with Crippen LogP contribution in [0.1, 0.15) is 15.9 Å². The van der Waals surface area contributed by atoms with Crippen molar-refractivity contribution in [2.45, 2.75) is 6.92 Å². The summed E-state index contributed by atoms with van der Waals surface area (Å²) >= 11 is 6.07. The van der Waals surface area contributed by atoms with Crippen LogP contribution in [0, 0.1) is 18.6 Å². The average molecular weight is 306 g/mol. The predicted octanol–water partition coefficient (Wildman–Crippen LogP) is 4.89. The lowest BCUT2D eigenvalue weighted by Crippen LogP contribution is -1.88. The Labute approximate surface area is 124 Å². The van der Waals surface area contributed by atoms with E-state index >= 15 is 0 Å². The van der Waals surface area contributed by atoms with Crippen molar-refractivity contribution in [2.75, 3.05) is 0 Å². The second-order valence-electron chi connectivity index (χ2n) is 4.76. The summed E-state index contributed by atoms with van der Waals surface area (Å²) in [5.41, 5.74) is 2.76. The Kier molecular flexibility index (Phi) is 3.26. The first-order valence-electron chi connectivity index (χ1n) is 6.24. The molecule has 0 bridgehead atoms. The second kappa shape index (κ2) is 4.97. The maximum Gasteiger partial charge on any atom is 0.159 e. The van der Waals surface area contributed by atoms with Crippen LogP contribution in [0.4, 0.5) is 8.78 Å². The molecule has 0 aliphatic carbocycles. The van der Waals surface area contributed by atoms with E-state index in [0.29, 0.717) is 39.0 Å². The molecule has 1 heterocycles. The molecule has 0 radical (unpaired) electrons. The quantitative estimate of drug-likeness (QED) is 0.672. The summed E-state index contributed by atoms with van der Waals surface area (Å²) in [6.07, 6.45) is 0.697. The molecule has 3 rings (SSSR count). The van der Waals surface area contributed by atoms with Crippen molar-refractivity contribution in [3.63, 3.8) is 0 Å². The molecule has 106 valence electrons. The highest BCUT2D eigenvalue weighted by molar-refractivity contribution is 6.32. The van der Waals surface area contributed by atoms with Crippen molar-refractivity contribution in [1.82, 2.24) is 4.98 Å². The first kappa shape index (κ1) is 13.8. The largest absolute Gasteiger partial charge is 0.354 e. The van der Waals surface area contributed by atoms with Crippen LogP contribution in [-0.4, -0.2) is 11.3 Å². The average Bonchev–Trinajstić information content (AvgIpc) is 2.85. The topological polar surface area (TPSA) is 32.9 Å². The zero-order chi connectivity index (χ0) is 15.1. The van der Waals surface area contributed by atoms with Crippen LogP contribution in [0.5, 0.6) is 0 Å². The van der Waals surface area contributed by atoms with Crippen LogP contribution in [-0.2, 0) is 0 Å². The van der Waals surface area contributed by atoms with Gasteiger partial charge in [0.05, 0.1) is 11.2 Å². The Balaban J connectivity index is 2.34. The number of aldehydes is 1. The number of aromatic nitrogens is 1. The Bertz CT molecular complexity index is 870. The van der Waals surface area contributed by atoms with Gasteiger partial charge in [0.1, 0.15) is 0 Å². The summed E-state index contributed by atoms with van der Waals surface area (Å²) in [6, 6.07) is 6.95. The maximum atomic E-state index is 13.4. The summed E-state index contributed by atoms with van der Waals surface area (Å²) in [6.45, 7) is 1.82. The third-order valence-corrected chi connectivity index (χ3v) is 3.94. The zero-order valence-corrected chi connectivity index (χ0v) is 11.8. The normalized spacial score (nSPS) is 11.0. The van der Waals surface area contributed by atoms with Gasteiger partial charge in [-0.2, -0.15) is 0 Å². The zero-order valence-electron chi connectivity index (χ0n) is 11.0. The van der Waals surface area contributed by atoms with Crippen LogP contribution in [0.3, 0.4) is 0 Å². The number of carbonyl (C=O) groups excluding carboxylic acids is 1. The number of halogens is 3. The first-order chi connectivity index (χ1) is 10.0. The SMILES string of the molecule is Cc1c(Cl)ccc2c(C=O)c(-c3ccc(F)c(F)c3)[nH]c12. The number of carbonyl (C=O) groups is 1. The van der Waals surface area contributed by atoms with Crippen molar-refractivity contribution in [2.24, 2.45) is 0 Å². The highest BCUT2D eigenvalue weighted by atomic mass is 35.5. The molecule has 1 N–H and O–H groups in total. The minimum absolute atomic E-state index is 0.399. The standard InChI is InChI=1S/C16H10ClF2NO/c1-8-12(17)4-3-10-11(7-21)16(20-15(8)10)9-2-5-13(18)14(19)6-9/h2-7,20H,1H3. The number of aromatic amines is 1. The third kappa shape index (κ3) is 2.12. The molecule has 5 heteroatoms. The van der Waals surface area contributed by atoms with Crippen molar-refractivity contribution in [1.29, 1.82) is 0 Å². The second-order valence-corrected chi connectivity index (χ2v) is 5.16. The molecule has 0 aliphatic rings. The number of H-pyrrole nitrogens is 1. The molecule has 2 aromatic carbocycles. The van der Waals surface area contributed by atoms with Crippen LogP contribution in [0.2, 0.25) is 5.02 Å². The molecular weight excluding hydrogens is 296 g/mol. The van der Waals surface area contributed by atoms with E-state index in [2.05, 4.69) is 4.98 Å². The van der Waals surface area contributed by atoms with Gasteiger partial charge in [-0.25, -0.2) is 8.78 Å². The highest BCUT2D eigenvalue weighted by Crippen LogP contribution is 2.33. The van der Waals surface area contributed by atoms with E-state index in [-0.39, 0.29) is 0 Å². The fourth-order valence-electron chi connectivity index (χ4n) is 2.40. The van der Waals surface area contributed by atoms with Gasteiger partial charge in [0.2, 0.25) is 0 Å². The van der Waals surface area contributed by atoms with Crippen molar-refractivity contribution in [3.05, 3.63) is 58.1 Å². The van der Waals surface area contributed by atoms with Gasteiger partial charge in [-0.3, -0.25) is 4.79 Å². The predicted molar refractivity (Wildman–Crippen MR) is 78.8 cm³/mol. The maximum absolute atomic E-state index is 13.4. The van der Waals surface area contributed by atoms with Gasteiger partial charge in [-0.1, -0.05) is 17.7 Å². The van der Waals surface area contributed by atoms with Gasteiger partial charge < -0.3 is 4.98 Å². The molecule has 2 nitrogen and oxygen atoms in total. The van der Waals surface area contributed by atoms with Gasteiger partial charge in [0.15, 0.2) is 17.9 Å². The minimum atomic E-state index is -0.960. The Hall–Kier alpha value is -2.20. The Morgan fingerprint density at radius 1 is 1.14 bits per heavy atom. The molecule has 0 fully saturated rings. The number of fused-ring (bicyclic) bond motifs is 1. The highest BCUT2D eigenvalue weighted by Gasteiger charge is 2.16. The van der Waals surface area contributed by atoms with Gasteiger partial charge in [0, 0.05) is 21.5 Å². The number of rotatable bonds is 2. The molecule has 0 unspecified atom stereocenters. The summed E-state index contributed by atoms with van der Waals surface area (Å²) in [5.74, 6) is -1.89. The first-order valence-corrected chi connectivity index (χ1v) is 6.62. The monoisotopic (exact) mass is 305 g/mol. The molecule has 21 heavy (non-hydrogen) atoms. The number of benzene rings is 2. The van der Waals surface area contributed by atoms with E-state index in [1.807, 2.05) is 6.92 Å². The number of nitrogens with one attached hydrogen (secondary N) is 1. The lowest BCUT2D eigenvalue weighted by molar-refractivity contribution is 0.112. The third-order valence-electron chi connectivity index (χ3n) is 3.53. The molecule has 0 aliphatic heterocycles. The molecule has 1 aromatic heterocycles. The van der Waals surface area contributed by atoms with E-state index in [4.69, 9.17) is 11.6 Å². The Morgan fingerprint density at radius 2 is 1.90 bits per heavy atom. The number of hydrogen-bond donors (Lipinski definition) is 1. The molecule has 0 atom stereocenters. The molecular formula is C16H10ClF2NO. The van der Waals surface area contributed by atoms with E-state index in [0.717, 1.165) is 17.7 Å². The van der Waals surface area contributed by atoms with Crippen LogP contribution >= 0.6 is 11.6 Å². The fraction of sp³-hybridized carbons (Fsp3) is 0.0625. The smallest absolute Gasteiger partial charge is 0.159 e. The lowest BCUT2D eigenvalue weighted by Gasteiger charge is -2.01. The number of hydrogen-bond acceptors (Lipinski definition) is 1. The van der Waals surface area contributed by atoms with E-state index < -0.39 is 11.6 Å². The van der Waals surface area contributed by atoms with Gasteiger partial charge in [-0.15, -0.1) is 0 Å². The van der Waals surface area contributed by atoms with Gasteiger partial charge in [0.25, 0.3) is 0 Å². The summed E-state index contributed by atoms with van der Waals surface area (Å²) in [7, 11) is 0. The lowest BCUT2D eigenvalue weighted by atomic mass is 10.1. The van der Waals surface area contributed by atoms with Crippen molar-refractivity contribution >= 4 is 28.8 Å². The van der Waals surface area contributed by atoms with Gasteiger partial charge >= 0.3 is 0 Å². The van der Waals surface area contributed by atoms with Gasteiger partial charge in [-0.05, 0) is 36.8 Å². The molecule has 0 amide bonds. The van der Waals surface area contributed by atoms with Crippen LogP contribution in [0.25, 0.3) is 22.2 Å². The summed E-state index contributed by atoms with van der Waals surface area (Å²) in [4.78, 5) is 14.5.